The Kier molecular flexibility index (Phi) is 5.97. The highest BCUT2D eigenvalue weighted by atomic mass is 19.4. The van der Waals surface area contributed by atoms with Crippen LogP contribution < -0.4 is 0 Å². The predicted octanol–water partition coefficient (Wildman–Crippen LogP) is 3.40. The summed E-state index contributed by atoms with van der Waals surface area (Å²) in [5, 5.41) is 9.04. The zero-order valence-corrected chi connectivity index (χ0v) is 15.1. The Hall–Kier alpha value is -2.38. The predicted molar refractivity (Wildman–Crippen MR) is 91.0 cm³/mol. The van der Waals surface area contributed by atoms with Crippen LogP contribution in [0.15, 0.2) is 30.3 Å². The molecule has 8 heteroatoms. The lowest BCUT2D eigenvalue weighted by Crippen LogP contribution is -2.35. The van der Waals surface area contributed by atoms with E-state index in [0.29, 0.717) is 5.56 Å². The number of hydrogen-bond donors (Lipinski definition) is 1. The van der Waals surface area contributed by atoms with E-state index in [4.69, 9.17) is 5.11 Å². The van der Waals surface area contributed by atoms with Gasteiger partial charge < -0.3 is 10.0 Å². The molecule has 1 amide bonds. The number of benzene rings is 1. The van der Waals surface area contributed by atoms with Crippen molar-refractivity contribution >= 4 is 17.7 Å². The van der Waals surface area contributed by atoms with Gasteiger partial charge in [0.2, 0.25) is 5.91 Å². The lowest BCUT2D eigenvalue weighted by molar-refractivity contribution is -0.188. The summed E-state index contributed by atoms with van der Waals surface area (Å²) in [6, 6.07) is 8.53. The zero-order chi connectivity index (χ0) is 20.4. The summed E-state index contributed by atoms with van der Waals surface area (Å²) < 4.78 is 39.2. The Morgan fingerprint density at radius 1 is 1.07 bits per heavy atom. The first-order valence-electron chi connectivity index (χ1n) is 8.56. The number of ketones is 1. The molecule has 0 saturated carbocycles. The van der Waals surface area contributed by atoms with Gasteiger partial charge in [0.15, 0.2) is 5.78 Å². The number of likely N-dealkylation sites (tertiary alicyclic amines) is 1. The molecule has 0 aromatic heterocycles. The smallest absolute Gasteiger partial charge is 0.394 e. The number of alkyl halides is 3. The van der Waals surface area contributed by atoms with Crippen LogP contribution in [0.2, 0.25) is 0 Å². The van der Waals surface area contributed by atoms with E-state index in [1.807, 2.05) is 0 Å². The van der Waals surface area contributed by atoms with Crippen LogP contribution in [0.25, 0.3) is 0 Å². The van der Waals surface area contributed by atoms with Crippen LogP contribution in [0.5, 0.6) is 0 Å². The average Bonchev–Trinajstić information content (AvgIpc) is 3.01. The summed E-state index contributed by atoms with van der Waals surface area (Å²) in [5.41, 5.74) is -0.263. The standard InChI is InChI=1S/C19H22F3NO4/c1-18(2,8-15(24)12-6-4-3-5-7-12)9-16(25)23-10-13(17(26)27)14(11-23)19(20,21)22/h3-7,13-14H,8-11H2,1-2H3,(H,26,27)/t13-,14-/m1/s1. The van der Waals surface area contributed by atoms with Crippen LogP contribution in [0.3, 0.4) is 0 Å². The fraction of sp³-hybridized carbons (Fsp3) is 0.526. The highest BCUT2D eigenvalue weighted by Gasteiger charge is 2.53. The molecule has 27 heavy (non-hydrogen) atoms. The van der Waals surface area contributed by atoms with Gasteiger partial charge in [-0.1, -0.05) is 44.2 Å². The summed E-state index contributed by atoms with van der Waals surface area (Å²) in [5.74, 6) is -6.03. The lowest BCUT2D eigenvalue weighted by Gasteiger charge is -2.26. The van der Waals surface area contributed by atoms with Crippen LogP contribution >= 0.6 is 0 Å². The van der Waals surface area contributed by atoms with Crippen molar-refractivity contribution in [3.05, 3.63) is 35.9 Å². The summed E-state index contributed by atoms with van der Waals surface area (Å²) in [4.78, 5) is 36.9. The first kappa shape index (κ1) is 20.9. The molecule has 1 aliphatic rings. The number of carboxylic acids is 1. The molecule has 5 nitrogen and oxygen atoms in total. The molecule has 1 saturated heterocycles. The van der Waals surface area contributed by atoms with Gasteiger partial charge in [-0.15, -0.1) is 0 Å². The van der Waals surface area contributed by atoms with Crippen LogP contribution in [0, 0.1) is 17.3 Å². The van der Waals surface area contributed by atoms with Gasteiger partial charge in [0.1, 0.15) is 0 Å². The third-order valence-electron chi connectivity index (χ3n) is 4.77. The molecule has 148 valence electrons. The van der Waals surface area contributed by atoms with Crippen LogP contribution in [0.1, 0.15) is 37.0 Å². The molecule has 0 bridgehead atoms. The van der Waals surface area contributed by atoms with Crippen molar-refractivity contribution in [1.82, 2.24) is 4.90 Å². The Morgan fingerprint density at radius 3 is 2.15 bits per heavy atom. The number of aliphatic carboxylic acids is 1. The second-order valence-electron chi connectivity index (χ2n) is 7.70. The van der Waals surface area contributed by atoms with Crippen molar-refractivity contribution in [3.63, 3.8) is 0 Å². The van der Waals surface area contributed by atoms with Gasteiger partial charge in [0.25, 0.3) is 0 Å². The summed E-state index contributed by atoms with van der Waals surface area (Å²) >= 11 is 0. The van der Waals surface area contributed by atoms with E-state index in [2.05, 4.69) is 0 Å². The van der Waals surface area contributed by atoms with Gasteiger partial charge in [-0.25, -0.2) is 0 Å². The van der Waals surface area contributed by atoms with Crippen molar-refractivity contribution in [2.24, 2.45) is 17.3 Å². The molecule has 1 fully saturated rings. The van der Waals surface area contributed by atoms with E-state index in [1.165, 1.54) is 0 Å². The van der Waals surface area contributed by atoms with E-state index >= 15 is 0 Å². The second kappa shape index (κ2) is 7.70. The minimum Gasteiger partial charge on any atom is -0.481 e. The maximum Gasteiger partial charge on any atom is 0.394 e. The topological polar surface area (TPSA) is 74.7 Å². The van der Waals surface area contributed by atoms with Crippen LogP contribution in [0.4, 0.5) is 13.2 Å². The number of halogens is 3. The number of hydrogen-bond acceptors (Lipinski definition) is 3. The van der Waals surface area contributed by atoms with Gasteiger partial charge >= 0.3 is 12.1 Å². The SMILES string of the molecule is CC(C)(CC(=O)c1ccccc1)CC(=O)N1C[C@@H](C(F)(F)F)[C@H](C(=O)O)C1. The normalized spacial score (nSPS) is 20.6. The molecular weight excluding hydrogens is 363 g/mol. The number of Topliss-reactive ketones (excluding diaryl/α,β-unsaturated/α-hetero) is 1. The molecule has 2 rings (SSSR count). The van der Waals surface area contributed by atoms with Gasteiger partial charge in [-0.3, -0.25) is 14.4 Å². The number of rotatable bonds is 6. The molecule has 1 aromatic rings. The van der Waals surface area contributed by atoms with Gasteiger partial charge in [0.05, 0.1) is 11.8 Å². The van der Waals surface area contributed by atoms with Gasteiger partial charge in [-0.2, -0.15) is 13.2 Å². The Bertz CT molecular complexity index is 715. The van der Waals surface area contributed by atoms with E-state index in [-0.39, 0.29) is 18.6 Å². The largest absolute Gasteiger partial charge is 0.481 e. The monoisotopic (exact) mass is 385 g/mol. The van der Waals surface area contributed by atoms with Crippen molar-refractivity contribution in [2.45, 2.75) is 32.9 Å². The Morgan fingerprint density at radius 2 is 1.67 bits per heavy atom. The number of nitrogens with zero attached hydrogens (tertiary/aromatic N) is 1. The molecule has 0 radical (unpaired) electrons. The van der Waals surface area contributed by atoms with Gasteiger partial charge in [0, 0.05) is 31.5 Å². The maximum absolute atomic E-state index is 13.1. The number of carbonyl (C=O) groups excluding carboxylic acids is 2. The molecule has 1 N–H and O–H groups in total. The van der Waals surface area contributed by atoms with Crippen LogP contribution in [-0.2, 0) is 9.59 Å². The number of carboxylic acid groups (broad SMARTS) is 1. The Balaban J connectivity index is 2.03. The third kappa shape index (κ3) is 5.30. The van der Waals surface area contributed by atoms with E-state index in [0.717, 1.165) is 4.90 Å². The first-order chi connectivity index (χ1) is 12.4. The maximum atomic E-state index is 13.1. The Labute approximate surface area is 155 Å². The van der Waals surface area contributed by atoms with Crippen molar-refractivity contribution in [2.75, 3.05) is 13.1 Å². The second-order valence-corrected chi connectivity index (χ2v) is 7.70. The highest BCUT2D eigenvalue weighted by molar-refractivity contribution is 5.96. The number of amides is 1. The number of carbonyl (C=O) groups is 3. The molecule has 1 heterocycles. The molecule has 1 aliphatic heterocycles. The van der Waals surface area contributed by atoms with E-state index in [1.54, 1.807) is 44.2 Å². The van der Waals surface area contributed by atoms with Crippen molar-refractivity contribution in [1.29, 1.82) is 0 Å². The van der Waals surface area contributed by atoms with Crippen molar-refractivity contribution in [3.8, 4) is 0 Å². The molecule has 0 aliphatic carbocycles. The molecule has 1 aromatic carbocycles. The minimum absolute atomic E-state index is 0.0572. The highest BCUT2D eigenvalue weighted by Crippen LogP contribution is 2.39. The van der Waals surface area contributed by atoms with Crippen molar-refractivity contribution < 1.29 is 32.7 Å². The summed E-state index contributed by atoms with van der Waals surface area (Å²) in [7, 11) is 0. The molecule has 0 spiro atoms. The average molecular weight is 385 g/mol. The lowest BCUT2D eigenvalue weighted by atomic mass is 9.82. The van der Waals surface area contributed by atoms with E-state index < -0.39 is 48.4 Å². The fourth-order valence-corrected chi connectivity index (χ4v) is 3.33. The van der Waals surface area contributed by atoms with E-state index in [9.17, 15) is 27.6 Å². The first-order valence-corrected chi connectivity index (χ1v) is 8.56. The molecule has 0 unspecified atom stereocenters. The fourth-order valence-electron chi connectivity index (χ4n) is 3.33. The minimum atomic E-state index is -4.68. The summed E-state index contributed by atoms with van der Waals surface area (Å²) in [6.45, 7) is 2.25. The summed E-state index contributed by atoms with van der Waals surface area (Å²) in [6.07, 6.45) is -4.76. The van der Waals surface area contributed by atoms with Gasteiger partial charge in [-0.05, 0) is 5.41 Å². The third-order valence-corrected chi connectivity index (χ3v) is 4.77. The van der Waals surface area contributed by atoms with Crippen LogP contribution in [-0.4, -0.2) is 46.9 Å². The quantitative estimate of drug-likeness (QED) is 0.762. The molecule has 2 atom stereocenters. The zero-order valence-electron chi connectivity index (χ0n) is 15.1. The molecular formula is C19H22F3NO4.